The Labute approximate surface area is 131 Å². The van der Waals surface area contributed by atoms with Gasteiger partial charge >= 0.3 is 11.9 Å². The van der Waals surface area contributed by atoms with Gasteiger partial charge in [0.2, 0.25) is 0 Å². The number of aliphatic hydroxyl groups is 1. The van der Waals surface area contributed by atoms with Crippen LogP contribution in [0.2, 0.25) is 0 Å². The summed E-state index contributed by atoms with van der Waals surface area (Å²) in [6.07, 6.45) is 0.770. The van der Waals surface area contributed by atoms with Crippen LogP contribution in [0.5, 0.6) is 0 Å². The van der Waals surface area contributed by atoms with E-state index in [4.69, 9.17) is 14.2 Å². The summed E-state index contributed by atoms with van der Waals surface area (Å²) in [5.74, 6) is -0.972. The van der Waals surface area contributed by atoms with Gasteiger partial charge in [0.1, 0.15) is 18.3 Å². The number of hydrogen-bond donors (Lipinski definition) is 1. The Kier molecular flexibility index (Phi) is 7.55. The average Bonchev–Trinajstić information content (AvgIpc) is 2.47. The summed E-state index contributed by atoms with van der Waals surface area (Å²) in [5, 5.41) is 10.3. The molecule has 6 heteroatoms. The van der Waals surface area contributed by atoms with Crippen LogP contribution in [0.3, 0.4) is 0 Å². The summed E-state index contributed by atoms with van der Waals surface area (Å²) in [4.78, 5) is 23.1. The first-order valence-corrected chi connectivity index (χ1v) is 7.81. The minimum absolute atomic E-state index is 0.0320. The van der Waals surface area contributed by atoms with Gasteiger partial charge in [-0.25, -0.2) is 4.79 Å². The Morgan fingerprint density at radius 2 is 1.95 bits per heavy atom. The van der Waals surface area contributed by atoms with Gasteiger partial charge in [-0.3, -0.25) is 4.79 Å². The van der Waals surface area contributed by atoms with E-state index >= 15 is 0 Å². The summed E-state index contributed by atoms with van der Waals surface area (Å²) >= 11 is 0. The Bertz CT molecular complexity index is 413. The Morgan fingerprint density at radius 1 is 1.32 bits per heavy atom. The number of esters is 2. The third kappa shape index (κ3) is 5.10. The fourth-order valence-corrected chi connectivity index (χ4v) is 2.44. The molecule has 0 fully saturated rings. The molecule has 1 aliphatic carbocycles. The molecule has 0 amide bonds. The quantitative estimate of drug-likeness (QED) is 0.721. The van der Waals surface area contributed by atoms with Crippen molar-refractivity contribution in [3.05, 3.63) is 11.6 Å². The number of ether oxygens (including phenoxy) is 3. The van der Waals surface area contributed by atoms with E-state index < -0.39 is 30.3 Å². The molecule has 6 nitrogen and oxygen atoms in total. The fraction of sp³-hybridized carbons (Fsp3) is 0.750. The van der Waals surface area contributed by atoms with Gasteiger partial charge in [-0.2, -0.15) is 0 Å². The number of rotatable bonds is 7. The molecule has 22 heavy (non-hydrogen) atoms. The minimum atomic E-state index is -0.998. The van der Waals surface area contributed by atoms with E-state index in [0.29, 0.717) is 5.57 Å². The van der Waals surface area contributed by atoms with Gasteiger partial charge in [-0.1, -0.05) is 13.8 Å². The first kappa shape index (κ1) is 18.6. The molecule has 3 atom stereocenters. The van der Waals surface area contributed by atoms with Crippen LogP contribution in [-0.4, -0.2) is 48.1 Å². The zero-order valence-corrected chi connectivity index (χ0v) is 13.7. The number of carbonyl (C=O) groups is 2. The van der Waals surface area contributed by atoms with Gasteiger partial charge in [0.25, 0.3) is 0 Å². The molecule has 0 aromatic carbocycles. The lowest BCUT2D eigenvalue weighted by molar-refractivity contribution is -0.163. The van der Waals surface area contributed by atoms with E-state index in [-0.39, 0.29) is 19.1 Å². The van der Waals surface area contributed by atoms with Crippen LogP contribution in [0.4, 0.5) is 0 Å². The molecule has 0 aliphatic heterocycles. The second-order valence-corrected chi connectivity index (χ2v) is 5.29. The first-order valence-electron chi connectivity index (χ1n) is 7.81. The molecule has 1 N–H and O–H groups in total. The molecule has 1 rings (SSSR count). The highest BCUT2D eigenvalue weighted by molar-refractivity contribution is 5.89. The molecular formula is C16H26O6. The van der Waals surface area contributed by atoms with E-state index in [1.807, 2.05) is 13.8 Å². The molecule has 0 aromatic rings. The molecule has 0 heterocycles. The predicted molar refractivity (Wildman–Crippen MR) is 80.1 cm³/mol. The van der Waals surface area contributed by atoms with Gasteiger partial charge in [0.05, 0.1) is 12.7 Å². The van der Waals surface area contributed by atoms with Crippen molar-refractivity contribution in [2.24, 2.45) is 0 Å². The lowest BCUT2D eigenvalue weighted by Gasteiger charge is -2.34. The Hall–Kier alpha value is -1.40. The van der Waals surface area contributed by atoms with Gasteiger partial charge in [0, 0.05) is 18.9 Å². The van der Waals surface area contributed by atoms with Crippen LogP contribution in [0, 0.1) is 0 Å². The molecule has 0 radical (unpaired) electrons. The maximum atomic E-state index is 11.9. The van der Waals surface area contributed by atoms with Crippen molar-refractivity contribution >= 4 is 11.9 Å². The van der Waals surface area contributed by atoms with E-state index in [0.717, 1.165) is 12.8 Å². The highest BCUT2D eigenvalue weighted by Gasteiger charge is 2.37. The van der Waals surface area contributed by atoms with E-state index in [1.165, 1.54) is 6.92 Å². The smallest absolute Gasteiger partial charge is 0.333 e. The van der Waals surface area contributed by atoms with E-state index in [9.17, 15) is 14.7 Å². The van der Waals surface area contributed by atoms with Gasteiger partial charge in [-0.15, -0.1) is 0 Å². The summed E-state index contributed by atoms with van der Waals surface area (Å²) in [6, 6.07) is 0. The molecule has 0 spiro atoms. The molecule has 0 unspecified atom stereocenters. The second kappa shape index (κ2) is 8.90. The molecule has 0 saturated carbocycles. The Balaban J connectivity index is 2.95. The molecule has 0 saturated heterocycles. The third-order valence-corrected chi connectivity index (χ3v) is 3.62. The highest BCUT2D eigenvalue weighted by atomic mass is 16.6. The molecule has 126 valence electrons. The van der Waals surface area contributed by atoms with Crippen LogP contribution in [0.25, 0.3) is 0 Å². The van der Waals surface area contributed by atoms with Crippen molar-refractivity contribution < 1.29 is 28.9 Å². The standard InChI is InChI=1S/C16H26O6/c1-5-12(6-2)22-14-9-11(16(19)20-7-3)8-13(15(14)18)21-10(4)17/h9,12-15,18H,5-8H2,1-4H3/t13-,14+,15+/m1/s1. The number of aliphatic hydroxyl groups excluding tert-OH is 1. The molecule has 1 aliphatic rings. The maximum Gasteiger partial charge on any atom is 0.333 e. The summed E-state index contributed by atoms with van der Waals surface area (Å²) in [6.45, 7) is 7.23. The van der Waals surface area contributed by atoms with Crippen molar-refractivity contribution in [2.45, 2.75) is 71.4 Å². The lowest BCUT2D eigenvalue weighted by atomic mass is 9.91. The predicted octanol–water partition coefficient (Wildman–Crippen LogP) is 1.75. The summed E-state index contributed by atoms with van der Waals surface area (Å²) in [7, 11) is 0. The second-order valence-electron chi connectivity index (χ2n) is 5.29. The largest absolute Gasteiger partial charge is 0.463 e. The van der Waals surface area contributed by atoms with Crippen LogP contribution in [0.1, 0.15) is 47.0 Å². The normalized spacial score (nSPS) is 24.8. The van der Waals surface area contributed by atoms with Crippen LogP contribution < -0.4 is 0 Å². The topological polar surface area (TPSA) is 82.1 Å². The molecular weight excluding hydrogens is 288 g/mol. The first-order chi connectivity index (χ1) is 10.4. The zero-order chi connectivity index (χ0) is 16.7. The average molecular weight is 314 g/mol. The molecule has 0 aromatic heterocycles. The zero-order valence-electron chi connectivity index (χ0n) is 13.7. The van der Waals surface area contributed by atoms with Crippen molar-refractivity contribution in [1.29, 1.82) is 0 Å². The van der Waals surface area contributed by atoms with Crippen molar-refractivity contribution in [3.63, 3.8) is 0 Å². The molecule has 0 bridgehead atoms. The Morgan fingerprint density at radius 3 is 2.45 bits per heavy atom. The van der Waals surface area contributed by atoms with E-state index in [1.54, 1.807) is 13.0 Å². The van der Waals surface area contributed by atoms with Crippen LogP contribution >= 0.6 is 0 Å². The third-order valence-electron chi connectivity index (χ3n) is 3.62. The number of hydrogen-bond acceptors (Lipinski definition) is 6. The lowest BCUT2D eigenvalue weighted by Crippen LogP contribution is -2.46. The fourth-order valence-electron chi connectivity index (χ4n) is 2.44. The van der Waals surface area contributed by atoms with Gasteiger partial charge in [0.15, 0.2) is 0 Å². The van der Waals surface area contributed by atoms with Crippen LogP contribution in [0.15, 0.2) is 11.6 Å². The maximum absolute atomic E-state index is 11.9. The van der Waals surface area contributed by atoms with Crippen molar-refractivity contribution in [1.82, 2.24) is 0 Å². The van der Waals surface area contributed by atoms with Crippen molar-refractivity contribution in [2.75, 3.05) is 6.61 Å². The van der Waals surface area contributed by atoms with Crippen molar-refractivity contribution in [3.8, 4) is 0 Å². The highest BCUT2D eigenvalue weighted by Crippen LogP contribution is 2.26. The van der Waals surface area contributed by atoms with E-state index in [2.05, 4.69) is 0 Å². The summed E-state index contributed by atoms with van der Waals surface area (Å²) in [5.41, 5.74) is 0.370. The van der Waals surface area contributed by atoms with Gasteiger partial charge < -0.3 is 19.3 Å². The van der Waals surface area contributed by atoms with Crippen LogP contribution in [-0.2, 0) is 23.8 Å². The SMILES string of the molecule is CCOC(=O)C1=C[C@H](OC(CC)CC)[C@@H](O)[C@H](OC(C)=O)C1. The summed E-state index contributed by atoms with van der Waals surface area (Å²) < 4.78 is 16.0. The number of carbonyl (C=O) groups excluding carboxylic acids is 2. The minimum Gasteiger partial charge on any atom is -0.463 e. The van der Waals surface area contributed by atoms with Gasteiger partial charge in [-0.05, 0) is 25.8 Å². The monoisotopic (exact) mass is 314 g/mol.